The molecule has 4 nitrogen and oxygen atoms in total. The fourth-order valence-corrected chi connectivity index (χ4v) is 3.78. The molecule has 4 heteroatoms. The largest absolute Gasteiger partial charge is 0.341 e. The van der Waals surface area contributed by atoms with Crippen molar-refractivity contribution in [1.82, 2.24) is 4.98 Å². The van der Waals surface area contributed by atoms with Gasteiger partial charge in [-0.15, -0.1) is 0 Å². The van der Waals surface area contributed by atoms with Crippen LogP contribution in [0.2, 0.25) is 0 Å². The summed E-state index contributed by atoms with van der Waals surface area (Å²) < 4.78 is 0. The zero-order chi connectivity index (χ0) is 20.7. The summed E-state index contributed by atoms with van der Waals surface area (Å²) in [4.78, 5) is 27.3. The number of amides is 1. The number of fused-ring (bicyclic) bond motifs is 1. The van der Waals surface area contributed by atoms with Crippen LogP contribution in [-0.2, 0) is 4.79 Å². The predicted molar refractivity (Wildman–Crippen MR) is 124 cm³/mol. The van der Waals surface area contributed by atoms with Gasteiger partial charge in [-0.25, -0.2) is 0 Å². The van der Waals surface area contributed by atoms with Gasteiger partial charge < -0.3 is 10.3 Å². The molecule has 29 heavy (non-hydrogen) atoms. The third kappa shape index (κ3) is 9.29. The molecule has 0 saturated heterocycles. The van der Waals surface area contributed by atoms with Crippen molar-refractivity contribution in [3.63, 3.8) is 0 Å². The molecule has 2 rings (SSSR count). The smallest absolute Gasteiger partial charge is 0.225 e. The summed E-state index contributed by atoms with van der Waals surface area (Å²) in [6.45, 7) is 2.26. The number of pyridine rings is 1. The maximum absolute atomic E-state index is 12.1. The van der Waals surface area contributed by atoms with Crippen LogP contribution in [0.3, 0.4) is 0 Å². The normalized spacial score (nSPS) is 11.1. The van der Waals surface area contributed by atoms with E-state index >= 15 is 0 Å². The van der Waals surface area contributed by atoms with E-state index in [9.17, 15) is 9.59 Å². The lowest BCUT2D eigenvalue weighted by Gasteiger charge is -2.07. The van der Waals surface area contributed by atoms with Crippen LogP contribution in [0.5, 0.6) is 0 Å². The quantitative estimate of drug-likeness (QED) is 0.319. The number of para-hydroxylation sites is 1. The number of aromatic nitrogens is 1. The second-order valence-electron chi connectivity index (χ2n) is 8.13. The van der Waals surface area contributed by atoms with Crippen molar-refractivity contribution < 1.29 is 4.79 Å². The maximum atomic E-state index is 12.1. The molecule has 0 atom stereocenters. The Balaban J connectivity index is 1.50. The SMILES string of the molecule is CCCCCCCCCCCCCCCC(=O)Nc1cc(=O)c2ccccc2[nH]1. The van der Waals surface area contributed by atoms with Crippen LogP contribution in [0, 0.1) is 0 Å². The minimum Gasteiger partial charge on any atom is -0.341 e. The van der Waals surface area contributed by atoms with Gasteiger partial charge in [-0.1, -0.05) is 96.1 Å². The monoisotopic (exact) mass is 398 g/mol. The maximum Gasteiger partial charge on any atom is 0.225 e. The molecule has 0 spiro atoms. The molecule has 160 valence electrons. The minimum absolute atomic E-state index is 0.0287. The van der Waals surface area contributed by atoms with Gasteiger partial charge in [0.2, 0.25) is 5.91 Å². The number of carbonyl (C=O) groups is 1. The summed E-state index contributed by atoms with van der Waals surface area (Å²) in [5, 5.41) is 3.46. The van der Waals surface area contributed by atoms with E-state index in [0.29, 0.717) is 17.6 Å². The zero-order valence-corrected chi connectivity index (χ0v) is 18.1. The zero-order valence-electron chi connectivity index (χ0n) is 18.1. The predicted octanol–water partition coefficient (Wildman–Crippen LogP) is 6.95. The summed E-state index contributed by atoms with van der Waals surface area (Å²) in [5.74, 6) is 0.451. The van der Waals surface area contributed by atoms with Crippen LogP contribution in [-0.4, -0.2) is 10.9 Å². The van der Waals surface area contributed by atoms with Crippen LogP contribution >= 0.6 is 0 Å². The van der Waals surface area contributed by atoms with Crippen molar-refractivity contribution in [3.05, 3.63) is 40.6 Å². The van der Waals surface area contributed by atoms with E-state index in [1.165, 1.54) is 76.7 Å². The van der Waals surface area contributed by atoms with Gasteiger partial charge in [-0.2, -0.15) is 0 Å². The molecule has 0 aliphatic carbocycles. The number of hydrogen-bond donors (Lipinski definition) is 2. The standard InChI is InChI=1S/C25H38N2O2/c1-2-3-4-5-6-7-8-9-10-11-12-13-14-19-25(29)27-24-20-23(28)21-17-15-16-18-22(21)26-24/h15-18,20H,2-14,19H2,1H3,(H2,26,27,28,29). The Morgan fingerprint density at radius 2 is 1.38 bits per heavy atom. The van der Waals surface area contributed by atoms with Gasteiger partial charge in [0.1, 0.15) is 5.82 Å². The molecule has 1 amide bonds. The van der Waals surface area contributed by atoms with Crippen LogP contribution in [0.1, 0.15) is 96.8 Å². The first kappa shape index (κ1) is 23.2. The molecule has 0 unspecified atom stereocenters. The number of nitrogens with one attached hydrogen (secondary N) is 2. The number of carbonyl (C=O) groups excluding carboxylic acids is 1. The molecule has 0 aliphatic rings. The fraction of sp³-hybridized carbons (Fsp3) is 0.600. The Kier molecular flexibility index (Phi) is 11.2. The first-order valence-electron chi connectivity index (χ1n) is 11.6. The van der Waals surface area contributed by atoms with Crippen molar-refractivity contribution in [2.75, 3.05) is 5.32 Å². The second kappa shape index (κ2) is 14.0. The highest BCUT2D eigenvalue weighted by Crippen LogP contribution is 2.14. The summed E-state index contributed by atoms with van der Waals surface area (Å²) in [6.07, 6.45) is 17.3. The van der Waals surface area contributed by atoms with Gasteiger partial charge >= 0.3 is 0 Å². The summed E-state index contributed by atoms with van der Waals surface area (Å²) in [5.41, 5.74) is 0.673. The number of rotatable bonds is 15. The highest BCUT2D eigenvalue weighted by atomic mass is 16.1. The third-order valence-corrected chi connectivity index (χ3v) is 5.52. The van der Waals surface area contributed by atoms with E-state index in [1.54, 1.807) is 6.07 Å². The Hall–Kier alpha value is -2.10. The number of aromatic amines is 1. The lowest BCUT2D eigenvalue weighted by atomic mass is 10.0. The first-order chi connectivity index (χ1) is 14.2. The first-order valence-corrected chi connectivity index (χ1v) is 11.6. The van der Waals surface area contributed by atoms with E-state index in [1.807, 2.05) is 18.2 Å². The number of H-pyrrole nitrogens is 1. The molecular formula is C25H38N2O2. The Morgan fingerprint density at radius 1 is 0.828 bits per heavy atom. The lowest BCUT2D eigenvalue weighted by molar-refractivity contribution is -0.116. The van der Waals surface area contributed by atoms with Gasteiger partial charge in [-0.05, 0) is 18.6 Å². The molecule has 1 heterocycles. The number of hydrogen-bond acceptors (Lipinski definition) is 2. The Bertz CT molecular complexity index is 782. The van der Waals surface area contributed by atoms with Crippen molar-refractivity contribution in [2.45, 2.75) is 96.8 Å². The molecule has 1 aromatic heterocycles. The third-order valence-electron chi connectivity index (χ3n) is 5.52. The Labute approximate surface area is 175 Å². The number of unbranched alkanes of at least 4 members (excludes halogenated alkanes) is 12. The van der Waals surface area contributed by atoms with E-state index in [0.717, 1.165) is 18.4 Å². The van der Waals surface area contributed by atoms with Crippen LogP contribution in [0.25, 0.3) is 10.9 Å². The van der Waals surface area contributed by atoms with Crippen LogP contribution < -0.4 is 10.7 Å². The van der Waals surface area contributed by atoms with E-state index in [4.69, 9.17) is 0 Å². The van der Waals surface area contributed by atoms with E-state index in [2.05, 4.69) is 17.2 Å². The molecule has 0 aliphatic heterocycles. The summed E-state index contributed by atoms with van der Waals surface area (Å²) >= 11 is 0. The van der Waals surface area contributed by atoms with Gasteiger partial charge in [0, 0.05) is 17.9 Å². The average molecular weight is 399 g/mol. The van der Waals surface area contributed by atoms with Gasteiger partial charge in [0.15, 0.2) is 5.43 Å². The molecule has 0 radical (unpaired) electrons. The van der Waals surface area contributed by atoms with Gasteiger partial charge in [0.05, 0.1) is 5.52 Å². The lowest BCUT2D eigenvalue weighted by Crippen LogP contribution is -2.14. The van der Waals surface area contributed by atoms with Crippen LogP contribution in [0.4, 0.5) is 5.82 Å². The van der Waals surface area contributed by atoms with Gasteiger partial charge in [-0.3, -0.25) is 9.59 Å². The summed E-state index contributed by atoms with van der Waals surface area (Å²) in [7, 11) is 0. The topological polar surface area (TPSA) is 62.0 Å². The van der Waals surface area contributed by atoms with E-state index in [-0.39, 0.29) is 11.3 Å². The van der Waals surface area contributed by atoms with Crippen molar-refractivity contribution in [3.8, 4) is 0 Å². The highest BCUT2D eigenvalue weighted by Gasteiger charge is 2.05. The van der Waals surface area contributed by atoms with Crippen molar-refractivity contribution in [2.24, 2.45) is 0 Å². The minimum atomic E-state index is -0.0735. The highest BCUT2D eigenvalue weighted by molar-refractivity contribution is 5.91. The molecular weight excluding hydrogens is 360 g/mol. The fourth-order valence-electron chi connectivity index (χ4n) is 3.78. The van der Waals surface area contributed by atoms with Gasteiger partial charge in [0.25, 0.3) is 0 Å². The Morgan fingerprint density at radius 3 is 2.00 bits per heavy atom. The molecule has 2 N–H and O–H groups in total. The van der Waals surface area contributed by atoms with E-state index < -0.39 is 0 Å². The molecule has 0 bridgehead atoms. The molecule has 0 saturated carbocycles. The molecule has 2 aromatic rings. The average Bonchev–Trinajstić information content (AvgIpc) is 2.71. The molecule has 0 fully saturated rings. The molecule has 1 aromatic carbocycles. The van der Waals surface area contributed by atoms with Crippen molar-refractivity contribution >= 4 is 22.6 Å². The second-order valence-corrected chi connectivity index (χ2v) is 8.13. The van der Waals surface area contributed by atoms with Crippen molar-refractivity contribution in [1.29, 1.82) is 0 Å². The van der Waals surface area contributed by atoms with Crippen LogP contribution in [0.15, 0.2) is 35.1 Å². The number of anilines is 1. The summed E-state index contributed by atoms with van der Waals surface area (Å²) in [6, 6.07) is 8.80. The number of benzene rings is 1.